The first kappa shape index (κ1) is 20.3. The van der Waals surface area contributed by atoms with Gasteiger partial charge in [0.25, 0.3) is 11.5 Å². The van der Waals surface area contributed by atoms with Crippen LogP contribution in [0.1, 0.15) is 15.9 Å². The Labute approximate surface area is 188 Å². The molecule has 2 aromatic carbocycles. The number of aromatic nitrogens is 2. The molecule has 7 nitrogen and oxygen atoms in total. The minimum atomic E-state index is -0.322. The molecule has 0 spiro atoms. The Balaban J connectivity index is 1.58. The average molecular weight is 437 g/mol. The Morgan fingerprint density at radius 2 is 1.94 bits per heavy atom. The molecule has 3 aromatic heterocycles. The van der Waals surface area contributed by atoms with Crippen molar-refractivity contribution in [1.82, 2.24) is 9.55 Å². The van der Waals surface area contributed by atoms with E-state index in [9.17, 15) is 9.59 Å². The van der Waals surface area contributed by atoms with Gasteiger partial charge in [-0.3, -0.25) is 14.2 Å². The molecule has 0 unspecified atom stereocenters. The molecule has 7 heteroatoms. The topological polar surface area (TPSA) is 86.4 Å². The second-order valence-electron chi connectivity index (χ2n) is 7.38. The van der Waals surface area contributed by atoms with Gasteiger partial charge in [0, 0.05) is 29.4 Å². The molecule has 0 radical (unpaired) electrons. The van der Waals surface area contributed by atoms with E-state index in [1.807, 2.05) is 24.3 Å². The average Bonchev–Trinajstić information content (AvgIpc) is 3.22. The molecule has 0 aliphatic carbocycles. The Morgan fingerprint density at radius 1 is 1.09 bits per heavy atom. The zero-order valence-electron chi connectivity index (χ0n) is 17.7. The second-order valence-corrected chi connectivity index (χ2v) is 7.38. The zero-order chi connectivity index (χ0) is 22.9. The number of rotatable bonds is 5. The van der Waals surface area contributed by atoms with Gasteiger partial charge in [0.05, 0.1) is 18.4 Å². The summed E-state index contributed by atoms with van der Waals surface area (Å²) >= 11 is 0. The maximum Gasteiger partial charge on any atom is 0.257 e. The van der Waals surface area contributed by atoms with E-state index < -0.39 is 0 Å². The van der Waals surface area contributed by atoms with Crippen molar-refractivity contribution in [2.75, 3.05) is 12.4 Å². The van der Waals surface area contributed by atoms with Crippen molar-refractivity contribution in [2.24, 2.45) is 0 Å². The van der Waals surface area contributed by atoms with Gasteiger partial charge in [-0.2, -0.15) is 0 Å². The first-order chi connectivity index (χ1) is 16.1. The van der Waals surface area contributed by atoms with Gasteiger partial charge in [0.2, 0.25) is 5.88 Å². The van der Waals surface area contributed by atoms with Crippen LogP contribution in [0.3, 0.4) is 0 Å². The molecular formula is C26H19N3O4. The van der Waals surface area contributed by atoms with E-state index in [0.717, 1.165) is 10.9 Å². The van der Waals surface area contributed by atoms with Gasteiger partial charge in [-0.05, 0) is 48.0 Å². The lowest BCUT2D eigenvalue weighted by Crippen LogP contribution is -2.17. The highest BCUT2D eigenvalue weighted by molar-refractivity contribution is 6.05. The van der Waals surface area contributed by atoms with Crippen LogP contribution >= 0.6 is 0 Å². The van der Waals surface area contributed by atoms with Gasteiger partial charge in [0.1, 0.15) is 11.1 Å². The number of hydrogen-bond acceptors (Lipinski definition) is 5. The number of fused-ring (bicyclic) bond motifs is 3. The van der Waals surface area contributed by atoms with E-state index in [-0.39, 0.29) is 11.5 Å². The minimum absolute atomic E-state index is 0.211. The lowest BCUT2D eigenvalue weighted by molar-refractivity contribution is 0.102. The Bertz CT molecular complexity index is 1580. The van der Waals surface area contributed by atoms with Crippen molar-refractivity contribution >= 4 is 39.7 Å². The lowest BCUT2D eigenvalue weighted by Gasteiger charge is -2.11. The van der Waals surface area contributed by atoms with Crippen molar-refractivity contribution in [3.8, 4) is 11.6 Å². The van der Waals surface area contributed by atoms with Crippen LogP contribution < -0.4 is 15.6 Å². The molecule has 3 heterocycles. The number of hydrogen-bond donors (Lipinski definition) is 1. The van der Waals surface area contributed by atoms with Crippen LogP contribution in [0.4, 0.5) is 5.69 Å². The molecule has 0 aliphatic heterocycles. The van der Waals surface area contributed by atoms with Gasteiger partial charge in [0.15, 0.2) is 5.58 Å². The fourth-order valence-electron chi connectivity index (χ4n) is 3.74. The summed E-state index contributed by atoms with van der Waals surface area (Å²) in [5.41, 5.74) is 4.15. The molecule has 0 saturated carbocycles. The first-order valence-corrected chi connectivity index (χ1v) is 10.2. The number of amides is 1. The molecule has 0 saturated heterocycles. The zero-order valence-corrected chi connectivity index (χ0v) is 17.7. The monoisotopic (exact) mass is 437 g/mol. The highest BCUT2D eigenvalue weighted by Gasteiger charge is 2.15. The smallest absolute Gasteiger partial charge is 0.257 e. The highest BCUT2D eigenvalue weighted by atomic mass is 16.5. The summed E-state index contributed by atoms with van der Waals surface area (Å²) in [5, 5.41) is 3.66. The lowest BCUT2D eigenvalue weighted by atomic mass is 10.1. The van der Waals surface area contributed by atoms with Crippen molar-refractivity contribution in [1.29, 1.82) is 0 Å². The molecule has 33 heavy (non-hydrogen) atoms. The number of nitrogens with zero attached hydrogens (tertiary/aromatic N) is 2. The number of anilines is 1. The van der Waals surface area contributed by atoms with E-state index in [2.05, 4.69) is 16.9 Å². The van der Waals surface area contributed by atoms with Gasteiger partial charge in [-0.15, -0.1) is 0 Å². The normalized spacial score (nSPS) is 10.9. The summed E-state index contributed by atoms with van der Waals surface area (Å²) in [5.74, 6) is 0.102. The molecule has 162 valence electrons. The van der Waals surface area contributed by atoms with Crippen LogP contribution in [0.2, 0.25) is 0 Å². The number of ether oxygens (including phenoxy) is 1. The fourth-order valence-corrected chi connectivity index (χ4v) is 3.74. The SMILES string of the molecule is C=Cc1ccc2oc3ccc(=O)n(-c4cccc(NC(=O)c5ccc(OC)nc5)c4)c3c2c1. The molecule has 1 amide bonds. The summed E-state index contributed by atoms with van der Waals surface area (Å²) < 4.78 is 12.6. The predicted octanol–water partition coefficient (Wildman–Crippen LogP) is 5.04. The predicted molar refractivity (Wildman–Crippen MR) is 128 cm³/mol. The number of pyridine rings is 2. The largest absolute Gasteiger partial charge is 0.481 e. The third kappa shape index (κ3) is 3.65. The van der Waals surface area contributed by atoms with Crippen LogP contribution in [-0.2, 0) is 0 Å². The molecular weight excluding hydrogens is 418 g/mol. The number of nitrogens with one attached hydrogen (secondary N) is 1. The first-order valence-electron chi connectivity index (χ1n) is 10.2. The Morgan fingerprint density at radius 3 is 2.70 bits per heavy atom. The Hall–Kier alpha value is -4.65. The second kappa shape index (κ2) is 8.12. The molecule has 1 N–H and O–H groups in total. The summed E-state index contributed by atoms with van der Waals surface area (Å²) in [4.78, 5) is 29.7. The maximum absolute atomic E-state index is 12.9. The molecule has 0 aliphatic rings. The standard InChI is InChI=1S/C26H19N3O4/c1-3-16-7-9-21-20(13-16)25-22(33-21)10-12-24(30)29(25)19-6-4-5-18(14-19)28-26(31)17-8-11-23(32-2)27-15-17/h3-15H,1H2,2H3,(H,28,31). The summed E-state index contributed by atoms with van der Waals surface area (Å²) in [7, 11) is 1.51. The van der Waals surface area contributed by atoms with Gasteiger partial charge >= 0.3 is 0 Å². The van der Waals surface area contributed by atoms with Crippen LogP contribution in [0.15, 0.2) is 88.7 Å². The molecule has 5 rings (SSSR count). The molecule has 5 aromatic rings. The summed E-state index contributed by atoms with van der Waals surface area (Å²) in [6, 6.07) is 19.2. The third-order valence-electron chi connectivity index (χ3n) is 5.34. The van der Waals surface area contributed by atoms with E-state index in [1.54, 1.807) is 47.0 Å². The number of carbonyl (C=O) groups excluding carboxylic acids is 1. The van der Waals surface area contributed by atoms with E-state index in [0.29, 0.717) is 39.5 Å². The third-order valence-corrected chi connectivity index (χ3v) is 5.34. The van der Waals surface area contributed by atoms with Crippen molar-refractivity contribution < 1.29 is 13.9 Å². The van der Waals surface area contributed by atoms with Gasteiger partial charge in [-0.25, -0.2) is 4.98 Å². The van der Waals surface area contributed by atoms with E-state index in [4.69, 9.17) is 9.15 Å². The Kier molecular flexibility index (Phi) is 4.99. The van der Waals surface area contributed by atoms with Gasteiger partial charge < -0.3 is 14.5 Å². The number of methoxy groups -OCH3 is 1. The van der Waals surface area contributed by atoms with Gasteiger partial charge in [-0.1, -0.05) is 24.8 Å². The fraction of sp³-hybridized carbons (Fsp3) is 0.0385. The van der Waals surface area contributed by atoms with Crippen molar-refractivity contribution in [3.63, 3.8) is 0 Å². The highest BCUT2D eigenvalue weighted by Crippen LogP contribution is 2.30. The number of furan rings is 1. The van der Waals surface area contributed by atoms with Crippen molar-refractivity contribution in [3.05, 3.63) is 101 Å². The quantitative estimate of drug-likeness (QED) is 0.416. The molecule has 0 fully saturated rings. The molecule has 0 atom stereocenters. The maximum atomic E-state index is 12.9. The molecule has 0 bridgehead atoms. The summed E-state index contributed by atoms with van der Waals surface area (Å²) in [6.07, 6.45) is 3.19. The van der Waals surface area contributed by atoms with E-state index >= 15 is 0 Å². The van der Waals surface area contributed by atoms with Crippen LogP contribution in [-0.4, -0.2) is 22.6 Å². The van der Waals surface area contributed by atoms with E-state index in [1.165, 1.54) is 19.4 Å². The summed E-state index contributed by atoms with van der Waals surface area (Å²) in [6.45, 7) is 3.82. The van der Waals surface area contributed by atoms with Crippen LogP contribution in [0.25, 0.3) is 33.8 Å². The van der Waals surface area contributed by atoms with Crippen LogP contribution in [0.5, 0.6) is 5.88 Å². The number of benzene rings is 2. The van der Waals surface area contributed by atoms with Crippen molar-refractivity contribution in [2.45, 2.75) is 0 Å². The van der Waals surface area contributed by atoms with Crippen LogP contribution in [0, 0.1) is 0 Å². The number of carbonyl (C=O) groups is 1. The minimum Gasteiger partial charge on any atom is -0.481 e.